The standard InChI is InChI=1S/C18H33N/c1-9-14-15(19)11-13(16(3,4)5)12-18(14,10-2)17(6,7)8/h11-12,14H,9-10,19H2,1-8H3. The maximum atomic E-state index is 6.44. The molecule has 0 aromatic heterocycles. The second kappa shape index (κ2) is 5.00. The number of nitrogens with two attached hydrogens (primary N) is 1. The van der Waals surface area contributed by atoms with Crippen molar-refractivity contribution in [1.82, 2.24) is 0 Å². The van der Waals surface area contributed by atoms with Crippen LogP contribution in [0.4, 0.5) is 0 Å². The van der Waals surface area contributed by atoms with Crippen molar-refractivity contribution in [3.8, 4) is 0 Å². The molecule has 2 unspecified atom stereocenters. The molecule has 0 saturated carbocycles. The molecule has 1 nitrogen and oxygen atoms in total. The largest absolute Gasteiger partial charge is 0.402 e. The minimum Gasteiger partial charge on any atom is -0.402 e. The van der Waals surface area contributed by atoms with Gasteiger partial charge in [0.25, 0.3) is 0 Å². The van der Waals surface area contributed by atoms with Crippen molar-refractivity contribution in [3.05, 3.63) is 23.4 Å². The van der Waals surface area contributed by atoms with E-state index in [4.69, 9.17) is 5.73 Å². The third-order valence-corrected chi connectivity index (χ3v) is 5.02. The maximum absolute atomic E-state index is 6.44. The van der Waals surface area contributed by atoms with E-state index in [1.807, 2.05) is 0 Å². The van der Waals surface area contributed by atoms with Crippen LogP contribution in [0.2, 0.25) is 0 Å². The number of allylic oxidation sites excluding steroid dienone is 4. The van der Waals surface area contributed by atoms with E-state index in [2.05, 4.69) is 67.5 Å². The number of hydrogen-bond donors (Lipinski definition) is 1. The van der Waals surface area contributed by atoms with Gasteiger partial charge in [0, 0.05) is 17.0 Å². The predicted octanol–water partition coefficient (Wildman–Crippen LogP) is 5.28. The molecule has 2 atom stereocenters. The summed E-state index contributed by atoms with van der Waals surface area (Å²) in [4.78, 5) is 0. The molecular weight excluding hydrogens is 230 g/mol. The van der Waals surface area contributed by atoms with Crippen LogP contribution in [-0.4, -0.2) is 0 Å². The van der Waals surface area contributed by atoms with Gasteiger partial charge in [-0.15, -0.1) is 0 Å². The lowest BCUT2D eigenvalue weighted by Crippen LogP contribution is -2.45. The second-order valence-electron chi connectivity index (χ2n) is 8.10. The van der Waals surface area contributed by atoms with Crippen molar-refractivity contribution in [2.45, 2.75) is 68.2 Å². The van der Waals surface area contributed by atoms with Crippen LogP contribution in [0, 0.1) is 22.2 Å². The number of rotatable bonds is 2. The second-order valence-corrected chi connectivity index (χ2v) is 8.10. The molecule has 1 aliphatic carbocycles. The van der Waals surface area contributed by atoms with Crippen LogP contribution in [0.3, 0.4) is 0 Å². The Labute approximate surface area is 120 Å². The van der Waals surface area contributed by atoms with Gasteiger partial charge in [-0.2, -0.15) is 0 Å². The molecule has 0 aromatic carbocycles. The zero-order valence-corrected chi connectivity index (χ0v) is 14.2. The molecule has 0 amide bonds. The molecule has 0 aliphatic heterocycles. The lowest BCUT2D eigenvalue weighted by Gasteiger charge is -2.51. The lowest BCUT2D eigenvalue weighted by molar-refractivity contribution is 0.0725. The average molecular weight is 263 g/mol. The van der Waals surface area contributed by atoms with E-state index >= 15 is 0 Å². The summed E-state index contributed by atoms with van der Waals surface area (Å²) in [5.41, 5.74) is 9.47. The van der Waals surface area contributed by atoms with Crippen molar-refractivity contribution in [2.75, 3.05) is 0 Å². The molecule has 0 bridgehead atoms. The molecule has 0 heterocycles. The summed E-state index contributed by atoms with van der Waals surface area (Å²) in [5, 5.41) is 0. The van der Waals surface area contributed by atoms with E-state index in [1.165, 1.54) is 5.57 Å². The first-order chi connectivity index (χ1) is 8.49. The van der Waals surface area contributed by atoms with Crippen molar-refractivity contribution in [3.63, 3.8) is 0 Å². The summed E-state index contributed by atoms with van der Waals surface area (Å²) in [6.07, 6.45) is 7.02. The SMILES string of the molecule is CCC1C(N)=CC(C(C)(C)C)=CC1(CC)C(C)(C)C. The molecule has 110 valence electrons. The fraction of sp³-hybridized carbons (Fsp3) is 0.778. The summed E-state index contributed by atoms with van der Waals surface area (Å²) in [5.74, 6) is 0.462. The Morgan fingerprint density at radius 1 is 1.11 bits per heavy atom. The van der Waals surface area contributed by atoms with E-state index < -0.39 is 0 Å². The van der Waals surface area contributed by atoms with E-state index in [1.54, 1.807) is 0 Å². The highest BCUT2D eigenvalue weighted by Gasteiger charge is 2.47. The maximum Gasteiger partial charge on any atom is 0.0124 e. The van der Waals surface area contributed by atoms with Crippen molar-refractivity contribution < 1.29 is 0 Å². The Morgan fingerprint density at radius 2 is 1.63 bits per heavy atom. The quantitative estimate of drug-likeness (QED) is 0.720. The Bertz CT molecular complexity index is 387. The first-order valence-corrected chi connectivity index (χ1v) is 7.70. The zero-order chi connectivity index (χ0) is 15.1. The monoisotopic (exact) mass is 263 g/mol. The van der Waals surface area contributed by atoms with Crippen molar-refractivity contribution in [2.24, 2.45) is 27.9 Å². The Morgan fingerprint density at radius 3 is 1.95 bits per heavy atom. The Balaban J connectivity index is 3.49. The normalized spacial score (nSPS) is 28.9. The fourth-order valence-corrected chi connectivity index (χ4v) is 3.65. The lowest BCUT2D eigenvalue weighted by atomic mass is 9.54. The van der Waals surface area contributed by atoms with E-state index in [0.29, 0.717) is 5.92 Å². The Kier molecular flexibility index (Phi) is 4.29. The molecule has 1 rings (SSSR count). The van der Waals surface area contributed by atoms with Gasteiger partial charge in [0.1, 0.15) is 0 Å². The summed E-state index contributed by atoms with van der Waals surface area (Å²) in [6, 6.07) is 0. The highest BCUT2D eigenvalue weighted by atomic mass is 14.7. The fourth-order valence-electron chi connectivity index (χ4n) is 3.65. The van der Waals surface area contributed by atoms with Gasteiger partial charge in [-0.3, -0.25) is 0 Å². The minimum absolute atomic E-state index is 0.162. The van der Waals surface area contributed by atoms with E-state index in [0.717, 1.165) is 18.5 Å². The summed E-state index contributed by atoms with van der Waals surface area (Å²) < 4.78 is 0. The molecule has 1 aliphatic rings. The van der Waals surface area contributed by atoms with Gasteiger partial charge < -0.3 is 5.73 Å². The highest BCUT2D eigenvalue weighted by Crippen LogP contribution is 2.55. The molecule has 0 saturated heterocycles. The molecule has 0 radical (unpaired) electrons. The van der Waals surface area contributed by atoms with E-state index in [9.17, 15) is 0 Å². The van der Waals surface area contributed by atoms with Gasteiger partial charge in [-0.05, 0) is 35.3 Å². The molecule has 0 aromatic rings. The minimum atomic E-state index is 0.162. The molecular formula is C18H33N. The summed E-state index contributed by atoms with van der Waals surface area (Å²) in [6.45, 7) is 18.5. The van der Waals surface area contributed by atoms with Gasteiger partial charge >= 0.3 is 0 Å². The summed E-state index contributed by atoms with van der Waals surface area (Å²) >= 11 is 0. The zero-order valence-electron chi connectivity index (χ0n) is 14.2. The summed E-state index contributed by atoms with van der Waals surface area (Å²) in [7, 11) is 0. The Hall–Kier alpha value is -0.720. The van der Waals surface area contributed by atoms with Gasteiger partial charge in [-0.1, -0.05) is 61.5 Å². The third kappa shape index (κ3) is 2.75. The third-order valence-electron chi connectivity index (χ3n) is 5.02. The molecule has 0 spiro atoms. The van der Waals surface area contributed by atoms with Gasteiger partial charge in [0.05, 0.1) is 0 Å². The van der Waals surface area contributed by atoms with Crippen LogP contribution >= 0.6 is 0 Å². The highest BCUT2D eigenvalue weighted by molar-refractivity contribution is 5.38. The predicted molar refractivity (Wildman–Crippen MR) is 85.8 cm³/mol. The smallest absolute Gasteiger partial charge is 0.0124 e. The first-order valence-electron chi connectivity index (χ1n) is 7.70. The molecule has 1 heteroatoms. The van der Waals surface area contributed by atoms with Crippen LogP contribution in [-0.2, 0) is 0 Å². The van der Waals surface area contributed by atoms with Crippen LogP contribution in [0.1, 0.15) is 68.2 Å². The molecule has 19 heavy (non-hydrogen) atoms. The van der Waals surface area contributed by atoms with Crippen LogP contribution in [0.25, 0.3) is 0 Å². The molecule has 0 fully saturated rings. The van der Waals surface area contributed by atoms with Crippen molar-refractivity contribution >= 4 is 0 Å². The van der Waals surface area contributed by atoms with Crippen LogP contribution in [0.5, 0.6) is 0 Å². The number of hydrogen-bond acceptors (Lipinski definition) is 1. The van der Waals surface area contributed by atoms with E-state index in [-0.39, 0.29) is 16.2 Å². The average Bonchev–Trinajstić information content (AvgIpc) is 2.24. The van der Waals surface area contributed by atoms with Gasteiger partial charge in [0.2, 0.25) is 0 Å². The van der Waals surface area contributed by atoms with Crippen LogP contribution in [0.15, 0.2) is 23.4 Å². The first kappa shape index (κ1) is 16.3. The van der Waals surface area contributed by atoms with Crippen molar-refractivity contribution in [1.29, 1.82) is 0 Å². The van der Waals surface area contributed by atoms with Crippen LogP contribution < -0.4 is 5.73 Å². The van der Waals surface area contributed by atoms with Gasteiger partial charge in [0.15, 0.2) is 0 Å². The van der Waals surface area contributed by atoms with Gasteiger partial charge in [-0.25, -0.2) is 0 Å². The topological polar surface area (TPSA) is 26.0 Å². The molecule has 2 N–H and O–H groups in total.